The minimum absolute atomic E-state index is 1.12. The van der Waals surface area contributed by atoms with Crippen molar-refractivity contribution < 1.29 is 0 Å². The highest BCUT2D eigenvalue weighted by Crippen LogP contribution is 2.43. The van der Waals surface area contributed by atoms with Gasteiger partial charge in [0.25, 0.3) is 0 Å². The van der Waals surface area contributed by atoms with E-state index in [1.54, 1.807) is 0 Å². The predicted molar refractivity (Wildman–Crippen MR) is 217 cm³/mol. The Balaban J connectivity index is 1.11. The second-order valence-electron chi connectivity index (χ2n) is 12.9. The topological polar surface area (TPSA) is 3.24 Å². The molecule has 0 radical (unpaired) electrons. The van der Waals surface area contributed by atoms with E-state index in [9.17, 15) is 0 Å². The maximum Gasteiger partial charge on any atom is 0.0468 e. The third kappa shape index (κ3) is 4.76. The van der Waals surface area contributed by atoms with Gasteiger partial charge in [0.15, 0.2) is 0 Å². The molecule has 10 aromatic rings. The van der Waals surface area contributed by atoms with Crippen LogP contribution in [0.2, 0.25) is 0 Å². The van der Waals surface area contributed by atoms with Crippen LogP contribution in [0.25, 0.3) is 74.7 Å². The van der Waals surface area contributed by atoms with Gasteiger partial charge in [-0.2, -0.15) is 0 Å². The summed E-state index contributed by atoms with van der Waals surface area (Å²) >= 11 is 1.89. The summed E-state index contributed by atoms with van der Waals surface area (Å²) in [7, 11) is 0. The minimum Gasteiger partial charge on any atom is -0.310 e. The van der Waals surface area contributed by atoms with Crippen molar-refractivity contribution in [1.82, 2.24) is 0 Å². The van der Waals surface area contributed by atoms with Gasteiger partial charge in [-0.3, -0.25) is 0 Å². The van der Waals surface area contributed by atoms with E-state index < -0.39 is 0 Å². The van der Waals surface area contributed by atoms with Crippen LogP contribution in [-0.2, 0) is 0 Å². The SMILES string of the molecule is c1ccc(-c2cccc(N(c3ccc(-c4cccc5c4ccc4c6ccccc6sc54)cc3)c3ccc4c(ccc5ccccc54)c3)c2)cc1. The molecular weight excluding hydrogens is 623 g/mol. The van der Waals surface area contributed by atoms with Crippen molar-refractivity contribution in [1.29, 1.82) is 0 Å². The van der Waals surface area contributed by atoms with Crippen molar-refractivity contribution in [3.63, 3.8) is 0 Å². The zero-order valence-electron chi connectivity index (χ0n) is 27.3. The van der Waals surface area contributed by atoms with E-state index in [4.69, 9.17) is 0 Å². The Morgan fingerprint density at radius 2 is 0.940 bits per heavy atom. The van der Waals surface area contributed by atoms with Crippen molar-refractivity contribution in [2.75, 3.05) is 4.90 Å². The van der Waals surface area contributed by atoms with E-state index in [1.807, 2.05) is 11.3 Å². The fourth-order valence-corrected chi connectivity index (χ4v) is 8.85. The molecule has 0 N–H and O–H groups in total. The number of anilines is 3. The first-order valence-electron chi connectivity index (χ1n) is 17.1. The standard InChI is InChI=1S/C48H31NS/c1-2-10-32(11-3-1)35-13-8-14-38(30-35)49(39-26-27-42-36(31-39)21-20-33-12-4-5-15-40(33)42)37-24-22-34(23-25-37)41-17-9-18-45-43(41)28-29-46-44-16-6-7-19-47(44)50-48(45)46/h1-31H. The van der Waals surface area contributed by atoms with Crippen LogP contribution in [0.15, 0.2) is 188 Å². The second kappa shape index (κ2) is 11.7. The maximum absolute atomic E-state index is 2.38. The Kier molecular flexibility index (Phi) is 6.75. The molecular formula is C48H31NS. The van der Waals surface area contributed by atoms with E-state index in [0.717, 1.165) is 17.1 Å². The van der Waals surface area contributed by atoms with Crippen molar-refractivity contribution in [2.24, 2.45) is 0 Å². The molecule has 1 aromatic heterocycles. The van der Waals surface area contributed by atoms with E-state index >= 15 is 0 Å². The zero-order valence-corrected chi connectivity index (χ0v) is 28.1. The molecule has 0 saturated heterocycles. The normalized spacial score (nSPS) is 11.6. The number of hydrogen-bond donors (Lipinski definition) is 0. The van der Waals surface area contributed by atoms with Crippen LogP contribution >= 0.6 is 11.3 Å². The van der Waals surface area contributed by atoms with Crippen LogP contribution in [0.5, 0.6) is 0 Å². The van der Waals surface area contributed by atoms with Crippen molar-refractivity contribution in [3.8, 4) is 22.3 Å². The first-order valence-corrected chi connectivity index (χ1v) is 17.9. The first kappa shape index (κ1) is 28.8. The van der Waals surface area contributed by atoms with Crippen LogP contribution in [0.4, 0.5) is 17.1 Å². The summed E-state index contributed by atoms with van der Waals surface area (Å²) in [5.74, 6) is 0. The highest BCUT2D eigenvalue weighted by molar-refractivity contribution is 7.26. The Morgan fingerprint density at radius 3 is 1.84 bits per heavy atom. The summed E-state index contributed by atoms with van der Waals surface area (Å²) < 4.78 is 2.69. The molecule has 0 aliphatic heterocycles. The molecule has 0 spiro atoms. The first-order chi connectivity index (χ1) is 24.8. The quantitative estimate of drug-likeness (QED) is 0.167. The molecule has 0 aliphatic rings. The van der Waals surface area contributed by atoms with Gasteiger partial charge >= 0.3 is 0 Å². The third-order valence-corrected chi connectivity index (χ3v) is 11.3. The van der Waals surface area contributed by atoms with E-state index in [2.05, 4.69) is 193 Å². The van der Waals surface area contributed by atoms with Gasteiger partial charge in [0.05, 0.1) is 0 Å². The Labute approximate surface area is 294 Å². The molecule has 0 fully saturated rings. The summed E-state index contributed by atoms with van der Waals surface area (Å²) in [6.45, 7) is 0. The van der Waals surface area contributed by atoms with Crippen LogP contribution in [0, 0.1) is 0 Å². The van der Waals surface area contributed by atoms with Gasteiger partial charge < -0.3 is 4.90 Å². The number of hydrogen-bond acceptors (Lipinski definition) is 2. The lowest BCUT2D eigenvalue weighted by Crippen LogP contribution is -2.10. The molecule has 0 atom stereocenters. The molecule has 10 rings (SSSR count). The van der Waals surface area contributed by atoms with Gasteiger partial charge in [-0.25, -0.2) is 0 Å². The predicted octanol–water partition coefficient (Wildman–Crippen LogP) is 14.3. The summed E-state index contributed by atoms with van der Waals surface area (Å²) in [4.78, 5) is 2.38. The van der Waals surface area contributed by atoms with Gasteiger partial charge in [-0.15, -0.1) is 11.3 Å². The summed E-state index contributed by atoms with van der Waals surface area (Å²) in [5, 5.41) is 10.3. The molecule has 2 heteroatoms. The lowest BCUT2D eigenvalue weighted by Gasteiger charge is -2.27. The minimum atomic E-state index is 1.12. The number of fused-ring (bicyclic) bond motifs is 8. The van der Waals surface area contributed by atoms with Gasteiger partial charge in [0.2, 0.25) is 0 Å². The summed E-state index contributed by atoms with van der Waals surface area (Å²) in [6.07, 6.45) is 0. The fraction of sp³-hybridized carbons (Fsp3) is 0. The van der Waals surface area contributed by atoms with Crippen LogP contribution in [0.3, 0.4) is 0 Å². The Morgan fingerprint density at radius 1 is 0.320 bits per heavy atom. The molecule has 0 unspecified atom stereocenters. The molecule has 234 valence electrons. The Hall–Kier alpha value is -6.22. The largest absolute Gasteiger partial charge is 0.310 e. The van der Waals surface area contributed by atoms with Crippen molar-refractivity contribution in [3.05, 3.63) is 188 Å². The molecule has 0 saturated carbocycles. The smallest absolute Gasteiger partial charge is 0.0468 e. The maximum atomic E-state index is 2.38. The molecule has 0 aliphatic carbocycles. The molecule has 0 amide bonds. The lowest BCUT2D eigenvalue weighted by molar-refractivity contribution is 1.29. The van der Waals surface area contributed by atoms with Crippen molar-refractivity contribution >= 4 is 80.9 Å². The average Bonchev–Trinajstić information content (AvgIpc) is 3.58. The third-order valence-electron chi connectivity index (χ3n) is 10.0. The Bertz CT molecular complexity index is 2870. The van der Waals surface area contributed by atoms with Gasteiger partial charge in [-0.1, -0.05) is 146 Å². The second-order valence-corrected chi connectivity index (χ2v) is 14.0. The highest BCUT2D eigenvalue weighted by Gasteiger charge is 2.16. The molecule has 1 heterocycles. The van der Waals surface area contributed by atoms with E-state index in [0.29, 0.717) is 0 Å². The van der Waals surface area contributed by atoms with E-state index in [-0.39, 0.29) is 0 Å². The molecule has 1 nitrogen and oxygen atoms in total. The number of nitrogens with zero attached hydrogens (tertiary/aromatic N) is 1. The van der Waals surface area contributed by atoms with E-state index in [1.165, 1.54) is 74.7 Å². The molecule has 0 bridgehead atoms. The number of benzene rings is 9. The lowest BCUT2D eigenvalue weighted by atomic mass is 9.96. The summed E-state index contributed by atoms with van der Waals surface area (Å²) in [6, 6.07) is 68.7. The molecule has 9 aromatic carbocycles. The van der Waals surface area contributed by atoms with Crippen LogP contribution < -0.4 is 4.90 Å². The monoisotopic (exact) mass is 653 g/mol. The molecule has 50 heavy (non-hydrogen) atoms. The highest BCUT2D eigenvalue weighted by atomic mass is 32.1. The summed E-state index contributed by atoms with van der Waals surface area (Å²) in [5.41, 5.74) is 8.23. The number of thiophene rings is 1. The fourth-order valence-electron chi connectivity index (χ4n) is 7.62. The number of rotatable bonds is 5. The van der Waals surface area contributed by atoms with Gasteiger partial charge in [0, 0.05) is 42.6 Å². The zero-order chi connectivity index (χ0) is 33.0. The van der Waals surface area contributed by atoms with Gasteiger partial charge in [-0.05, 0) is 91.6 Å². The van der Waals surface area contributed by atoms with Crippen molar-refractivity contribution in [2.45, 2.75) is 0 Å². The van der Waals surface area contributed by atoms with Crippen LogP contribution in [-0.4, -0.2) is 0 Å². The van der Waals surface area contributed by atoms with Gasteiger partial charge in [0.1, 0.15) is 0 Å². The van der Waals surface area contributed by atoms with Crippen LogP contribution in [0.1, 0.15) is 0 Å². The average molecular weight is 654 g/mol.